The highest BCUT2D eigenvalue weighted by Gasteiger charge is 2.18. The maximum Gasteiger partial charge on any atom is 0.527 e. The van der Waals surface area contributed by atoms with E-state index in [0.29, 0.717) is 11.0 Å². The Labute approximate surface area is 78.8 Å². The fourth-order valence-corrected chi connectivity index (χ4v) is 1.40. The van der Waals surface area contributed by atoms with Gasteiger partial charge in [0.15, 0.2) is 0 Å². The number of rotatable bonds is 2. The first-order chi connectivity index (χ1) is 6.54. The predicted octanol–water partition coefficient (Wildman–Crippen LogP) is 1.03. The van der Waals surface area contributed by atoms with E-state index < -0.39 is 7.82 Å². The van der Waals surface area contributed by atoms with Crippen LogP contribution in [0.15, 0.2) is 24.3 Å². The monoisotopic (exact) mass is 214 g/mol. The van der Waals surface area contributed by atoms with Crippen LogP contribution in [0.5, 0.6) is 6.01 Å². The molecule has 1 aromatic carbocycles. The molecule has 0 spiro atoms. The van der Waals surface area contributed by atoms with Gasteiger partial charge in [-0.15, -0.1) is 0 Å². The zero-order valence-corrected chi connectivity index (χ0v) is 7.81. The van der Waals surface area contributed by atoms with Crippen molar-refractivity contribution < 1.29 is 18.9 Å². The normalized spacial score (nSPS) is 11.9. The van der Waals surface area contributed by atoms with E-state index >= 15 is 0 Å². The van der Waals surface area contributed by atoms with Gasteiger partial charge in [-0.25, -0.2) is 4.57 Å². The number of phosphoric ester groups is 1. The Hall–Kier alpha value is -1.36. The van der Waals surface area contributed by atoms with Crippen LogP contribution in [0, 0.1) is 0 Å². The molecule has 0 atom stereocenters. The molecule has 0 radical (unpaired) electrons. The minimum Gasteiger partial charge on any atom is -0.370 e. The molecule has 0 saturated heterocycles. The van der Waals surface area contributed by atoms with Crippen molar-refractivity contribution in [1.82, 2.24) is 9.97 Å². The number of aromatic amines is 1. The molecule has 6 nitrogen and oxygen atoms in total. The van der Waals surface area contributed by atoms with Crippen LogP contribution >= 0.6 is 7.82 Å². The van der Waals surface area contributed by atoms with Crippen LogP contribution in [-0.4, -0.2) is 19.8 Å². The van der Waals surface area contributed by atoms with Crippen LogP contribution in [0.4, 0.5) is 0 Å². The highest BCUT2D eigenvalue weighted by atomic mass is 31.2. The first-order valence-electron chi connectivity index (χ1n) is 3.74. The molecule has 0 amide bonds. The fourth-order valence-electron chi connectivity index (χ4n) is 1.09. The number of nitrogens with one attached hydrogen (secondary N) is 1. The summed E-state index contributed by atoms with van der Waals surface area (Å²) < 4.78 is 14.8. The molecule has 0 fully saturated rings. The van der Waals surface area contributed by atoms with Crippen LogP contribution in [0.25, 0.3) is 11.0 Å². The van der Waals surface area contributed by atoms with Crippen LogP contribution in [0.3, 0.4) is 0 Å². The Balaban J connectivity index is 2.41. The van der Waals surface area contributed by atoms with Gasteiger partial charge in [0.05, 0.1) is 11.0 Å². The average molecular weight is 214 g/mol. The number of H-pyrrole nitrogens is 1. The minimum absolute atomic E-state index is 0.181. The topological polar surface area (TPSA) is 95.4 Å². The van der Waals surface area contributed by atoms with Crippen molar-refractivity contribution in [3.05, 3.63) is 24.3 Å². The van der Waals surface area contributed by atoms with E-state index in [-0.39, 0.29) is 6.01 Å². The Kier molecular flexibility index (Phi) is 2.03. The third-order valence-electron chi connectivity index (χ3n) is 1.57. The van der Waals surface area contributed by atoms with E-state index in [1.54, 1.807) is 24.3 Å². The molecule has 0 unspecified atom stereocenters. The second kappa shape index (κ2) is 3.09. The van der Waals surface area contributed by atoms with Crippen molar-refractivity contribution in [2.24, 2.45) is 0 Å². The Bertz CT molecular complexity index is 470. The Morgan fingerprint density at radius 3 is 2.71 bits per heavy atom. The molecule has 2 aromatic rings. The van der Waals surface area contributed by atoms with E-state index in [0.717, 1.165) is 0 Å². The molecule has 74 valence electrons. The summed E-state index contributed by atoms with van der Waals surface area (Å²) in [7, 11) is -4.54. The smallest absolute Gasteiger partial charge is 0.370 e. The lowest BCUT2D eigenvalue weighted by atomic mass is 10.3. The third-order valence-corrected chi connectivity index (χ3v) is 1.98. The molecule has 14 heavy (non-hydrogen) atoms. The van der Waals surface area contributed by atoms with Crippen molar-refractivity contribution in [2.45, 2.75) is 0 Å². The molecular weight excluding hydrogens is 207 g/mol. The second-order valence-electron chi connectivity index (χ2n) is 2.64. The summed E-state index contributed by atoms with van der Waals surface area (Å²) in [4.78, 5) is 23.5. The number of aromatic nitrogens is 2. The van der Waals surface area contributed by atoms with Crippen LogP contribution in [-0.2, 0) is 4.57 Å². The lowest BCUT2D eigenvalue weighted by Crippen LogP contribution is -1.91. The first kappa shape index (κ1) is 9.21. The molecule has 0 aliphatic heterocycles. The first-order valence-corrected chi connectivity index (χ1v) is 5.27. The highest BCUT2D eigenvalue weighted by molar-refractivity contribution is 7.46. The van der Waals surface area contributed by atoms with E-state index in [2.05, 4.69) is 14.5 Å². The summed E-state index contributed by atoms with van der Waals surface area (Å²) in [6, 6.07) is 6.80. The summed E-state index contributed by atoms with van der Waals surface area (Å²) in [6.07, 6.45) is 0. The van der Waals surface area contributed by atoms with Gasteiger partial charge in [0.1, 0.15) is 0 Å². The number of phosphoric acid groups is 1. The van der Waals surface area contributed by atoms with E-state index in [1.807, 2.05) is 0 Å². The number of hydrogen-bond donors (Lipinski definition) is 3. The van der Waals surface area contributed by atoms with Gasteiger partial charge in [-0.2, -0.15) is 4.98 Å². The van der Waals surface area contributed by atoms with Crippen LogP contribution in [0.2, 0.25) is 0 Å². The SMILES string of the molecule is O=P(O)(O)Oc1nc2ccccc2[nH]1. The maximum atomic E-state index is 10.5. The molecule has 0 aliphatic carbocycles. The predicted molar refractivity (Wildman–Crippen MR) is 48.8 cm³/mol. The van der Waals surface area contributed by atoms with Gasteiger partial charge in [-0.3, -0.25) is 9.79 Å². The number of fused-ring (bicyclic) bond motifs is 1. The molecule has 1 heterocycles. The van der Waals surface area contributed by atoms with Crippen LogP contribution < -0.4 is 4.52 Å². The zero-order chi connectivity index (χ0) is 10.2. The quantitative estimate of drug-likeness (QED) is 0.649. The number of hydrogen-bond acceptors (Lipinski definition) is 3. The molecule has 7 heteroatoms. The summed E-state index contributed by atoms with van der Waals surface area (Å²) in [5, 5.41) is 0. The second-order valence-corrected chi connectivity index (χ2v) is 3.80. The summed E-state index contributed by atoms with van der Waals surface area (Å²) in [6.45, 7) is 0. The van der Waals surface area contributed by atoms with Crippen molar-refractivity contribution >= 4 is 18.9 Å². The number of para-hydroxylation sites is 2. The highest BCUT2D eigenvalue weighted by Crippen LogP contribution is 2.36. The van der Waals surface area contributed by atoms with Gasteiger partial charge in [-0.05, 0) is 12.1 Å². The van der Waals surface area contributed by atoms with E-state index in [4.69, 9.17) is 9.79 Å². The molecule has 2 rings (SSSR count). The lowest BCUT2D eigenvalue weighted by molar-refractivity contribution is 0.276. The summed E-state index contributed by atoms with van der Waals surface area (Å²) in [5.74, 6) is 0. The minimum atomic E-state index is -4.54. The molecule has 0 aliphatic rings. The molecule has 0 bridgehead atoms. The van der Waals surface area contributed by atoms with Crippen molar-refractivity contribution in [1.29, 1.82) is 0 Å². The van der Waals surface area contributed by atoms with Crippen LogP contribution in [0.1, 0.15) is 0 Å². The number of nitrogens with zero attached hydrogens (tertiary/aromatic N) is 1. The number of imidazole rings is 1. The largest absolute Gasteiger partial charge is 0.527 e. The van der Waals surface area contributed by atoms with Gasteiger partial charge in [0.25, 0.3) is 0 Å². The van der Waals surface area contributed by atoms with E-state index in [9.17, 15) is 4.57 Å². The summed E-state index contributed by atoms with van der Waals surface area (Å²) >= 11 is 0. The zero-order valence-electron chi connectivity index (χ0n) is 6.91. The van der Waals surface area contributed by atoms with E-state index in [1.165, 1.54) is 0 Å². The molecule has 0 saturated carbocycles. The van der Waals surface area contributed by atoms with Gasteiger partial charge < -0.3 is 9.51 Å². The average Bonchev–Trinajstić information content (AvgIpc) is 2.42. The Morgan fingerprint density at radius 1 is 1.36 bits per heavy atom. The van der Waals surface area contributed by atoms with Crippen molar-refractivity contribution in [2.75, 3.05) is 0 Å². The van der Waals surface area contributed by atoms with Crippen molar-refractivity contribution in [3.8, 4) is 6.01 Å². The van der Waals surface area contributed by atoms with Gasteiger partial charge in [-0.1, -0.05) is 12.1 Å². The lowest BCUT2D eigenvalue weighted by Gasteiger charge is -2.00. The molecular formula is C7H7N2O4P. The standard InChI is InChI=1S/C7H7N2O4P/c10-14(11,12)13-7-8-5-3-1-2-4-6(5)9-7/h1-4H,(H,8,9)(H2,10,11,12). The Morgan fingerprint density at radius 2 is 2.07 bits per heavy atom. The fraction of sp³-hybridized carbons (Fsp3) is 0. The van der Waals surface area contributed by atoms with Gasteiger partial charge >= 0.3 is 13.8 Å². The van der Waals surface area contributed by atoms with Crippen molar-refractivity contribution in [3.63, 3.8) is 0 Å². The molecule has 1 aromatic heterocycles. The van der Waals surface area contributed by atoms with Gasteiger partial charge in [0.2, 0.25) is 0 Å². The molecule has 3 N–H and O–H groups in total. The third kappa shape index (κ3) is 1.93. The number of benzene rings is 1. The van der Waals surface area contributed by atoms with Gasteiger partial charge in [0, 0.05) is 0 Å². The maximum absolute atomic E-state index is 10.5. The summed E-state index contributed by atoms with van der Waals surface area (Å²) in [5.41, 5.74) is 1.26.